The maximum atomic E-state index is 4.53. The molecule has 5 nitrogen and oxygen atoms in total. The van der Waals surface area contributed by atoms with Crippen molar-refractivity contribution < 1.29 is 0 Å². The second kappa shape index (κ2) is 8.20. The highest BCUT2D eigenvalue weighted by atomic mass is 15.2. The smallest absolute Gasteiger partial charge is 0.0660 e. The van der Waals surface area contributed by atoms with Gasteiger partial charge in [0.25, 0.3) is 0 Å². The summed E-state index contributed by atoms with van der Waals surface area (Å²) in [5.41, 5.74) is 8.31. The second-order valence-electron chi connectivity index (χ2n) is 8.01. The molecule has 2 aliphatic rings. The number of benzene rings is 2. The highest BCUT2D eigenvalue weighted by Gasteiger charge is 2.15. The minimum absolute atomic E-state index is 0.688. The summed E-state index contributed by atoms with van der Waals surface area (Å²) in [6.07, 6.45) is 6.02. The van der Waals surface area contributed by atoms with E-state index in [2.05, 4.69) is 86.9 Å². The van der Waals surface area contributed by atoms with Gasteiger partial charge in [0.1, 0.15) is 0 Å². The molecule has 1 aromatic heterocycles. The molecule has 1 saturated heterocycles. The van der Waals surface area contributed by atoms with Gasteiger partial charge in [0.05, 0.1) is 6.54 Å². The minimum Gasteiger partial charge on any atom is -0.369 e. The fourth-order valence-corrected chi connectivity index (χ4v) is 4.08. The molecule has 3 heterocycles. The predicted octanol–water partition coefficient (Wildman–Crippen LogP) is 4.32. The Morgan fingerprint density at radius 3 is 2.60 bits per heavy atom. The summed E-state index contributed by atoms with van der Waals surface area (Å²) in [4.78, 5) is 12.7. The first-order chi connectivity index (χ1) is 14.8. The quantitative estimate of drug-likeness (QED) is 0.689. The van der Waals surface area contributed by atoms with Crippen molar-refractivity contribution in [3.05, 3.63) is 78.1 Å². The molecule has 0 spiro atoms. The molecule has 1 fully saturated rings. The van der Waals surface area contributed by atoms with Crippen LogP contribution in [0.2, 0.25) is 0 Å². The zero-order valence-corrected chi connectivity index (χ0v) is 17.3. The molecule has 0 radical (unpaired) electrons. The first kappa shape index (κ1) is 18.7. The van der Waals surface area contributed by atoms with E-state index in [1.54, 1.807) is 0 Å². The standard InChI is InChI=1S/C25H27N5/c1-29-11-13-30(14-12-29)23-8-6-22(7-9-23)28-18-21-17-26-16-20-5-4-19(15-24(20)21)25-3-2-10-27-25/h2-10,15-16,18,27-28H,11-14,17H2,1H3. The molecule has 2 N–H and O–H groups in total. The number of hydrogen-bond acceptors (Lipinski definition) is 4. The molecular weight excluding hydrogens is 370 g/mol. The minimum atomic E-state index is 0.688. The Balaban J connectivity index is 1.33. The van der Waals surface area contributed by atoms with Crippen LogP contribution in [0.15, 0.2) is 72.0 Å². The summed E-state index contributed by atoms with van der Waals surface area (Å²) in [5, 5.41) is 3.48. The zero-order valence-electron chi connectivity index (χ0n) is 17.3. The third-order valence-corrected chi connectivity index (χ3v) is 5.95. The van der Waals surface area contributed by atoms with Crippen LogP contribution in [0.1, 0.15) is 11.1 Å². The average Bonchev–Trinajstić information content (AvgIpc) is 3.33. The molecule has 0 aliphatic carbocycles. The van der Waals surface area contributed by atoms with E-state index in [0.29, 0.717) is 6.54 Å². The van der Waals surface area contributed by atoms with Crippen LogP contribution in [0.25, 0.3) is 16.8 Å². The summed E-state index contributed by atoms with van der Waals surface area (Å²) < 4.78 is 0. The molecule has 2 aliphatic heterocycles. The lowest BCUT2D eigenvalue weighted by atomic mass is 9.95. The van der Waals surface area contributed by atoms with Gasteiger partial charge in [-0.15, -0.1) is 0 Å². The van der Waals surface area contributed by atoms with Gasteiger partial charge in [-0.3, -0.25) is 4.99 Å². The van der Waals surface area contributed by atoms with Crippen molar-refractivity contribution in [3.8, 4) is 11.3 Å². The van der Waals surface area contributed by atoms with Crippen molar-refractivity contribution in [3.63, 3.8) is 0 Å². The van der Waals surface area contributed by atoms with E-state index < -0.39 is 0 Å². The highest BCUT2D eigenvalue weighted by molar-refractivity contribution is 5.94. The number of aromatic amines is 1. The number of H-pyrrole nitrogens is 1. The van der Waals surface area contributed by atoms with E-state index in [1.807, 2.05) is 18.5 Å². The van der Waals surface area contributed by atoms with Gasteiger partial charge in [-0.2, -0.15) is 0 Å². The van der Waals surface area contributed by atoms with E-state index in [4.69, 9.17) is 0 Å². The van der Waals surface area contributed by atoms with Gasteiger partial charge in [0, 0.05) is 61.9 Å². The van der Waals surface area contributed by atoms with Crippen LogP contribution in [-0.2, 0) is 0 Å². The number of fused-ring (bicyclic) bond motifs is 1. The first-order valence-corrected chi connectivity index (χ1v) is 10.5. The second-order valence-corrected chi connectivity index (χ2v) is 8.01. The predicted molar refractivity (Wildman–Crippen MR) is 126 cm³/mol. The summed E-state index contributed by atoms with van der Waals surface area (Å²) in [6.45, 7) is 5.11. The lowest BCUT2D eigenvalue weighted by Crippen LogP contribution is -2.44. The number of piperazine rings is 1. The topological polar surface area (TPSA) is 46.7 Å². The van der Waals surface area contributed by atoms with Crippen LogP contribution in [-0.4, -0.2) is 55.9 Å². The van der Waals surface area contributed by atoms with Crippen LogP contribution in [0.3, 0.4) is 0 Å². The van der Waals surface area contributed by atoms with Crippen molar-refractivity contribution in [1.82, 2.24) is 9.88 Å². The molecule has 3 aromatic rings. The van der Waals surface area contributed by atoms with Crippen molar-refractivity contribution in [2.24, 2.45) is 4.99 Å². The van der Waals surface area contributed by atoms with Crippen molar-refractivity contribution >= 4 is 23.2 Å². The zero-order chi connectivity index (χ0) is 20.3. The van der Waals surface area contributed by atoms with E-state index in [0.717, 1.165) is 43.1 Å². The van der Waals surface area contributed by atoms with Crippen molar-refractivity contribution in [2.75, 3.05) is 50.0 Å². The number of aromatic nitrogens is 1. The van der Waals surface area contributed by atoms with E-state index >= 15 is 0 Å². The Morgan fingerprint density at radius 1 is 1.00 bits per heavy atom. The molecule has 152 valence electrons. The molecular formula is C25H27N5. The van der Waals surface area contributed by atoms with Crippen molar-refractivity contribution in [1.29, 1.82) is 0 Å². The van der Waals surface area contributed by atoms with Gasteiger partial charge < -0.3 is 20.1 Å². The van der Waals surface area contributed by atoms with Crippen LogP contribution < -0.4 is 10.2 Å². The lowest BCUT2D eigenvalue weighted by Gasteiger charge is -2.34. The maximum absolute atomic E-state index is 4.53. The van der Waals surface area contributed by atoms with Gasteiger partial charge in [0.15, 0.2) is 0 Å². The van der Waals surface area contributed by atoms with Gasteiger partial charge in [-0.25, -0.2) is 0 Å². The Morgan fingerprint density at radius 2 is 1.83 bits per heavy atom. The summed E-state index contributed by atoms with van der Waals surface area (Å²) >= 11 is 0. The summed E-state index contributed by atoms with van der Waals surface area (Å²) in [5.74, 6) is 0. The normalized spacial score (nSPS) is 17.9. The molecule has 30 heavy (non-hydrogen) atoms. The first-order valence-electron chi connectivity index (χ1n) is 10.5. The number of anilines is 2. The number of rotatable bonds is 4. The SMILES string of the molecule is CN1CCN(c2ccc(NC=C3CN=Cc4ccc(-c5ccc[nH]5)cc43)cc2)CC1. The van der Waals surface area contributed by atoms with Gasteiger partial charge in [-0.05, 0) is 71.8 Å². The fraction of sp³-hybridized carbons (Fsp3) is 0.240. The Bertz CT molecular complexity index is 1060. The summed E-state index contributed by atoms with van der Waals surface area (Å²) in [7, 11) is 2.19. The van der Waals surface area contributed by atoms with Gasteiger partial charge >= 0.3 is 0 Å². The maximum Gasteiger partial charge on any atom is 0.0660 e. The third kappa shape index (κ3) is 3.89. The highest BCUT2D eigenvalue weighted by Crippen LogP contribution is 2.28. The van der Waals surface area contributed by atoms with Gasteiger partial charge in [-0.1, -0.05) is 12.1 Å². The number of likely N-dealkylation sites (N-methyl/N-ethyl adjacent to an activating group) is 1. The van der Waals surface area contributed by atoms with E-state index in [1.165, 1.54) is 22.4 Å². The number of nitrogens with one attached hydrogen (secondary N) is 2. The number of nitrogens with zero attached hydrogens (tertiary/aromatic N) is 3. The molecule has 0 atom stereocenters. The Hall–Kier alpha value is -3.31. The third-order valence-electron chi connectivity index (χ3n) is 5.95. The average molecular weight is 398 g/mol. The van der Waals surface area contributed by atoms with Crippen LogP contribution in [0, 0.1) is 0 Å². The molecule has 2 aromatic carbocycles. The van der Waals surface area contributed by atoms with Crippen LogP contribution >= 0.6 is 0 Å². The van der Waals surface area contributed by atoms with Crippen LogP contribution in [0.4, 0.5) is 11.4 Å². The molecule has 5 heteroatoms. The van der Waals surface area contributed by atoms with E-state index in [9.17, 15) is 0 Å². The van der Waals surface area contributed by atoms with Crippen LogP contribution in [0.5, 0.6) is 0 Å². The number of hydrogen-bond donors (Lipinski definition) is 2. The lowest BCUT2D eigenvalue weighted by molar-refractivity contribution is 0.313. The molecule has 5 rings (SSSR count). The number of aliphatic imine (C=N–C) groups is 1. The summed E-state index contributed by atoms with van der Waals surface area (Å²) in [6, 6.07) is 19.4. The van der Waals surface area contributed by atoms with Crippen molar-refractivity contribution in [2.45, 2.75) is 0 Å². The molecule has 0 amide bonds. The Labute approximate surface area is 177 Å². The van der Waals surface area contributed by atoms with Gasteiger partial charge in [0.2, 0.25) is 0 Å². The largest absolute Gasteiger partial charge is 0.369 e. The fourth-order valence-electron chi connectivity index (χ4n) is 4.08. The van der Waals surface area contributed by atoms with E-state index in [-0.39, 0.29) is 0 Å². The Kier molecular flexibility index (Phi) is 5.11. The molecule has 0 bridgehead atoms. The molecule has 0 unspecified atom stereocenters. The molecule has 0 saturated carbocycles. The monoisotopic (exact) mass is 397 g/mol.